The maximum atomic E-state index is 5.37. The van der Waals surface area contributed by atoms with Crippen LogP contribution in [-0.2, 0) is 12.8 Å². The summed E-state index contributed by atoms with van der Waals surface area (Å²) in [5, 5.41) is 0. The van der Waals surface area contributed by atoms with Gasteiger partial charge in [0.2, 0.25) is 0 Å². The van der Waals surface area contributed by atoms with Gasteiger partial charge >= 0.3 is 0 Å². The molecule has 4 nitrogen and oxygen atoms in total. The largest absolute Gasteiger partial charge is 0.361 e. The average Bonchev–Trinajstić information content (AvgIpc) is 3.62. The first kappa shape index (κ1) is 28.1. The van der Waals surface area contributed by atoms with E-state index in [0.717, 1.165) is 74.1 Å². The minimum atomic E-state index is 0.953. The van der Waals surface area contributed by atoms with Crippen LogP contribution in [0.3, 0.4) is 0 Å². The van der Waals surface area contributed by atoms with Gasteiger partial charge in [0.1, 0.15) is 0 Å². The Kier molecular flexibility index (Phi) is 8.16. The third-order valence-corrected chi connectivity index (χ3v) is 9.00. The molecule has 40 heavy (non-hydrogen) atoms. The summed E-state index contributed by atoms with van der Waals surface area (Å²) < 4.78 is 0. The third kappa shape index (κ3) is 4.46. The Morgan fingerprint density at radius 2 is 0.975 bits per heavy atom. The molecule has 4 aliphatic rings. The van der Waals surface area contributed by atoms with Crippen molar-refractivity contribution in [2.24, 2.45) is 0 Å². The zero-order valence-electron chi connectivity index (χ0n) is 25.9. The minimum Gasteiger partial charge on any atom is -0.361 e. The molecule has 2 aromatic heterocycles. The molecule has 6 heterocycles. The Morgan fingerprint density at radius 1 is 0.500 bits per heavy atom. The van der Waals surface area contributed by atoms with E-state index in [9.17, 15) is 0 Å². The summed E-state index contributed by atoms with van der Waals surface area (Å²) in [5.41, 5.74) is 20.3. The molecule has 4 aliphatic heterocycles. The van der Waals surface area contributed by atoms with Crippen LogP contribution in [0, 0.1) is 0 Å². The lowest BCUT2D eigenvalue weighted by Crippen LogP contribution is -1.99. The van der Waals surface area contributed by atoms with Crippen LogP contribution < -0.4 is 0 Å². The third-order valence-electron chi connectivity index (χ3n) is 9.00. The van der Waals surface area contributed by atoms with Crippen molar-refractivity contribution in [3.63, 3.8) is 0 Å². The Hall–Kier alpha value is -3.40. The van der Waals surface area contributed by atoms with E-state index in [2.05, 4.69) is 89.8 Å². The summed E-state index contributed by atoms with van der Waals surface area (Å²) >= 11 is 0. The monoisotopic (exact) mass is 534 g/mol. The van der Waals surface area contributed by atoms with Crippen molar-refractivity contribution in [2.75, 3.05) is 0 Å². The Morgan fingerprint density at radius 3 is 1.45 bits per heavy atom. The fourth-order valence-corrected chi connectivity index (χ4v) is 7.14. The minimum absolute atomic E-state index is 0.953. The van der Waals surface area contributed by atoms with Gasteiger partial charge in [-0.15, -0.1) is 0 Å². The number of hydrogen-bond donors (Lipinski definition) is 2. The Balaban J connectivity index is 2.04. The second-order valence-corrected chi connectivity index (χ2v) is 10.9. The van der Waals surface area contributed by atoms with Gasteiger partial charge in [0.25, 0.3) is 0 Å². The zero-order valence-corrected chi connectivity index (χ0v) is 25.9. The maximum absolute atomic E-state index is 5.37. The number of allylic oxidation sites excluding steroid dienone is 6. The second kappa shape index (κ2) is 11.6. The molecule has 0 radical (unpaired) electrons. The van der Waals surface area contributed by atoms with E-state index in [4.69, 9.17) is 9.97 Å². The van der Waals surface area contributed by atoms with Crippen molar-refractivity contribution in [3.8, 4) is 0 Å². The molecule has 0 aromatic carbocycles. The molecule has 210 valence electrons. The van der Waals surface area contributed by atoms with Crippen LogP contribution in [0.2, 0.25) is 0 Å². The van der Waals surface area contributed by atoms with Gasteiger partial charge in [-0.3, -0.25) is 0 Å². The standard InChI is InChI=1S/C36H46N4/c1-9-22-21-17-31-24(11-3)25(12-4)32(38-31)19-34-27(14-6)29(16-8)36(40-34)35-28(15-7)26(13-5)33(39-35)18-30(37-20-21)23(22)10-2/h17-20,37-38H,9-16H2,1-8H3. The highest BCUT2D eigenvalue weighted by atomic mass is 14.8. The van der Waals surface area contributed by atoms with Crippen molar-refractivity contribution in [1.82, 2.24) is 19.9 Å². The quantitative estimate of drug-likeness (QED) is 0.354. The highest BCUT2D eigenvalue weighted by molar-refractivity contribution is 6.01. The maximum Gasteiger partial charge on any atom is 0.0932 e. The molecule has 4 heteroatoms. The van der Waals surface area contributed by atoms with E-state index in [-0.39, 0.29) is 0 Å². The van der Waals surface area contributed by atoms with Crippen molar-refractivity contribution in [1.29, 1.82) is 0 Å². The fourth-order valence-electron chi connectivity index (χ4n) is 7.14. The molecule has 8 bridgehead atoms. The number of rotatable bonds is 8. The number of aromatic nitrogens is 4. The molecule has 0 saturated carbocycles. The van der Waals surface area contributed by atoms with Gasteiger partial charge in [-0.25, -0.2) is 9.97 Å². The number of nitrogens with zero attached hydrogens (tertiary/aromatic N) is 2. The number of aromatic amines is 2. The molecule has 6 rings (SSSR count). The number of nitrogens with one attached hydrogen (secondary N) is 2. The Bertz CT molecular complexity index is 1620. The normalized spacial score (nSPS) is 14.5. The summed E-state index contributed by atoms with van der Waals surface area (Å²) in [6.45, 7) is 18.1. The van der Waals surface area contributed by atoms with E-state index in [0.29, 0.717) is 0 Å². The van der Waals surface area contributed by atoms with Crippen LogP contribution in [0.25, 0.3) is 44.5 Å². The number of H-pyrrole nitrogens is 2. The first-order valence-electron chi connectivity index (χ1n) is 15.7. The van der Waals surface area contributed by atoms with Gasteiger partial charge in [-0.1, -0.05) is 55.4 Å². The van der Waals surface area contributed by atoms with Gasteiger partial charge in [0.15, 0.2) is 0 Å². The average molecular weight is 535 g/mol. The van der Waals surface area contributed by atoms with Crippen molar-refractivity contribution >= 4 is 44.5 Å². The molecule has 2 aromatic rings. The predicted molar refractivity (Wildman–Crippen MR) is 173 cm³/mol. The van der Waals surface area contributed by atoms with E-state index >= 15 is 0 Å². The first-order valence-corrected chi connectivity index (χ1v) is 15.7. The molecular weight excluding hydrogens is 488 g/mol. The topological polar surface area (TPSA) is 57.4 Å². The van der Waals surface area contributed by atoms with Crippen molar-refractivity contribution < 1.29 is 0 Å². The molecular formula is C36H46N4. The Labute approximate surface area is 240 Å². The van der Waals surface area contributed by atoms with Gasteiger partial charge in [0, 0.05) is 22.9 Å². The summed E-state index contributed by atoms with van der Waals surface area (Å²) in [6.07, 6.45) is 9.98. The molecule has 0 fully saturated rings. The van der Waals surface area contributed by atoms with Crippen LogP contribution in [-0.4, -0.2) is 19.9 Å². The molecule has 0 atom stereocenters. The lowest BCUT2D eigenvalue weighted by atomic mass is 9.92. The lowest BCUT2D eigenvalue weighted by Gasteiger charge is -2.17. The highest BCUT2D eigenvalue weighted by Crippen LogP contribution is 2.43. The smallest absolute Gasteiger partial charge is 0.0932 e. The van der Waals surface area contributed by atoms with E-state index < -0.39 is 0 Å². The molecule has 2 N–H and O–H groups in total. The predicted octanol–water partition coefficient (Wildman–Crippen LogP) is 10.4. The van der Waals surface area contributed by atoms with Crippen LogP contribution >= 0.6 is 0 Å². The van der Waals surface area contributed by atoms with Crippen molar-refractivity contribution in [2.45, 2.75) is 107 Å². The number of hydrogen-bond acceptors (Lipinski definition) is 2. The van der Waals surface area contributed by atoms with E-state index in [1.165, 1.54) is 66.9 Å². The van der Waals surface area contributed by atoms with Crippen LogP contribution in [0.4, 0.5) is 0 Å². The molecule has 0 amide bonds. The SMILES string of the molecule is CCC1=C(CC)c2cc3nc(c4nc(cc5[nH]c(cc1c[nH]2)c(CC)c5CC)C(CC)=C4CC)C(CC)=C3CC. The van der Waals surface area contributed by atoms with Crippen LogP contribution in [0.5, 0.6) is 0 Å². The summed E-state index contributed by atoms with van der Waals surface area (Å²) in [4.78, 5) is 18.3. The summed E-state index contributed by atoms with van der Waals surface area (Å²) in [7, 11) is 0. The van der Waals surface area contributed by atoms with Gasteiger partial charge < -0.3 is 9.97 Å². The van der Waals surface area contributed by atoms with Crippen LogP contribution in [0.15, 0.2) is 24.4 Å². The lowest BCUT2D eigenvalue weighted by molar-refractivity contribution is 1.07. The molecule has 0 spiro atoms. The first-order chi connectivity index (χ1) is 19.5. The van der Waals surface area contributed by atoms with Crippen LogP contribution in [0.1, 0.15) is 139 Å². The highest BCUT2D eigenvalue weighted by Gasteiger charge is 2.27. The molecule has 0 saturated heterocycles. The molecule has 0 aliphatic carbocycles. The van der Waals surface area contributed by atoms with Gasteiger partial charge in [-0.2, -0.15) is 0 Å². The number of fused-ring (bicyclic) bond motifs is 1. The van der Waals surface area contributed by atoms with Gasteiger partial charge in [0.05, 0.1) is 22.8 Å². The zero-order chi connectivity index (χ0) is 28.6. The van der Waals surface area contributed by atoms with Gasteiger partial charge in [-0.05, 0) is 120 Å². The summed E-state index contributed by atoms with van der Waals surface area (Å²) in [5.74, 6) is 0. The fraction of sp³-hybridized carbons (Fsp3) is 0.444. The van der Waals surface area contributed by atoms with Crippen molar-refractivity contribution in [3.05, 3.63) is 69.6 Å². The van der Waals surface area contributed by atoms with E-state index in [1.807, 2.05) is 0 Å². The van der Waals surface area contributed by atoms with E-state index in [1.54, 1.807) is 0 Å². The molecule has 0 unspecified atom stereocenters. The summed E-state index contributed by atoms with van der Waals surface area (Å²) in [6, 6.07) is 6.99. The number of aryl methyl sites for hydroxylation is 2. The second-order valence-electron chi connectivity index (χ2n) is 10.9.